The number of nitrogens with one attached hydrogen (secondary N) is 1. The van der Waals surface area contributed by atoms with Gasteiger partial charge in [-0.25, -0.2) is 0 Å². The summed E-state index contributed by atoms with van der Waals surface area (Å²) in [5, 5.41) is 13.2. The Kier molecular flexibility index (Phi) is 5.45. The van der Waals surface area contributed by atoms with E-state index in [1.54, 1.807) is 27.3 Å². The van der Waals surface area contributed by atoms with Crippen LogP contribution < -0.4 is 19.7 Å². The average Bonchev–Trinajstić information content (AvgIpc) is 3.30. The lowest BCUT2D eigenvalue weighted by atomic mass is 9.90. The first-order chi connectivity index (χ1) is 15.0. The standard InChI is InChI=1S/C24H27N3O4/c1-24(9-10-28)22(29)21(20-11-15-7-5-6-8-19(15)26-20)23(25-2)27(24)16-12-17(30-3)14-18(13-16)31-4/h5-8,12-14,26,28H,9-11H2,1-4H3. The Morgan fingerprint density at radius 3 is 2.42 bits per heavy atom. The second-order valence-corrected chi connectivity index (χ2v) is 7.84. The van der Waals surface area contributed by atoms with E-state index in [4.69, 9.17) is 9.47 Å². The van der Waals surface area contributed by atoms with Gasteiger partial charge in [0, 0.05) is 56.1 Å². The second-order valence-electron chi connectivity index (χ2n) is 7.84. The van der Waals surface area contributed by atoms with Gasteiger partial charge in [-0.05, 0) is 18.6 Å². The highest BCUT2D eigenvalue weighted by Crippen LogP contribution is 2.43. The molecule has 0 saturated carbocycles. The van der Waals surface area contributed by atoms with E-state index in [1.807, 2.05) is 42.2 Å². The van der Waals surface area contributed by atoms with Crippen LogP contribution in [0.2, 0.25) is 0 Å². The molecular weight excluding hydrogens is 394 g/mol. The number of fused-ring (bicyclic) bond motifs is 1. The van der Waals surface area contributed by atoms with E-state index < -0.39 is 5.54 Å². The predicted molar refractivity (Wildman–Crippen MR) is 121 cm³/mol. The molecule has 4 rings (SSSR count). The lowest BCUT2D eigenvalue weighted by Crippen LogP contribution is -2.48. The molecule has 0 radical (unpaired) electrons. The summed E-state index contributed by atoms with van der Waals surface area (Å²) in [7, 11) is 4.85. The highest BCUT2D eigenvalue weighted by Gasteiger charge is 2.52. The molecule has 2 heterocycles. The van der Waals surface area contributed by atoms with Crippen molar-refractivity contribution in [2.75, 3.05) is 38.1 Å². The van der Waals surface area contributed by atoms with Crippen molar-refractivity contribution in [1.82, 2.24) is 0 Å². The number of anilines is 2. The van der Waals surface area contributed by atoms with Crippen LogP contribution in [0.15, 0.2) is 58.7 Å². The number of hydrogen-bond donors (Lipinski definition) is 2. The summed E-state index contributed by atoms with van der Waals surface area (Å²) in [6, 6.07) is 13.5. The third-order valence-electron chi connectivity index (χ3n) is 6.02. The number of methoxy groups -OCH3 is 2. The molecule has 1 unspecified atom stereocenters. The highest BCUT2D eigenvalue weighted by molar-refractivity contribution is 6.37. The van der Waals surface area contributed by atoms with Crippen LogP contribution in [-0.4, -0.2) is 50.1 Å². The van der Waals surface area contributed by atoms with Crippen LogP contribution in [0.5, 0.6) is 11.5 Å². The summed E-state index contributed by atoms with van der Waals surface area (Å²) in [4.78, 5) is 20.2. The number of ether oxygens (including phenoxy) is 2. The van der Waals surface area contributed by atoms with Crippen molar-refractivity contribution < 1.29 is 19.4 Å². The normalized spacial score (nSPS) is 23.8. The summed E-state index contributed by atoms with van der Waals surface area (Å²) >= 11 is 0. The molecule has 2 aromatic carbocycles. The quantitative estimate of drug-likeness (QED) is 0.722. The van der Waals surface area contributed by atoms with Crippen LogP contribution in [0.25, 0.3) is 0 Å². The van der Waals surface area contributed by atoms with E-state index in [9.17, 15) is 9.90 Å². The molecule has 2 aliphatic rings. The summed E-state index contributed by atoms with van der Waals surface area (Å²) in [5.74, 6) is 1.71. The van der Waals surface area contributed by atoms with Crippen molar-refractivity contribution in [1.29, 1.82) is 0 Å². The fourth-order valence-electron chi connectivity index (χ4n) is 4.42. The van der Waals surface area contributed by atoms with Gasteiger partial charge >= 0.3 is 0 Å². The van der Waals surface area contributed by atoms with Crippen molar-refractivity contribution in [2.24, 2.45) is 4.99 Å². The van der Waals surface area contributed by atoms with Crippen molar-refractivity contribution in [3.63, 3.8) is 0 Å². The molecule has 162 valence electrons. The summed E-state index contributed by atoms with van der Waals surface area (Å²) in [5.41, 5.74) is 3.23. The molecule has 1 fully saturated rings. The number of aliphatic hydroxyl groups is 1. The smallest absolute Gasteiger partial charge is 0.194 e. The van der Waals surface area contributed by atoms with E-state index in [0.717, 1.165) is 16.9 Å². The Bertz CT molecular complexity index is 1040. The molecule has 0 aliphatic carbocycles. The Morgan fingerprint density at radius 1 is 1.16 bits per heavy atom. The monoisotopic (exact) mass is 421 g/mol. The SMILES string of the molecule is CN=C1C(=C2Cc3ccccc3N2)C(=O)C(C)(CCO)N1c1cc(OC)cc(OC)c1. The number of ketones is 1. The minimum absolute atomic E-state index is 0.0701. The van der Waals surface area contributed by atoms with Gasteiger partial charge in [0.1, 0.15) is 22.9 Å². The zero-order chi connectivity index (χ0) is 22.2. The van der Waals surface area contributed by atoms with Crippen molar-refractivity contribution >= 4 is 23.0 Å². The first-order valence-corrected chi connectivity index (χ1v) is 10.2. The van der Waals surface area contributed by atoms with Crippen LogP contribution in [-0.2, 0) is 11.2 Å². The summed E-state index contributed by atoms with van der Waals surface area (Å²) < 4.78 is 10.9. The minimum Gasteiger partial charge on any atom is -0.497 e. The molecule has 7 nitrogen and oxygen atoms in total. The Balaban J connectivity index is 1.89. The maximum absolute atomic E-state index is 13.8. The number of Topliss-reactive ketones (excluding diaryl/α,β-unsaturated/α-hetero) is 1. The molecule has 0 bridgehead atoms. The maximum Gasteiger partial charge on any atom is 0.194 e. The molecule has 1 saturated heterocycles. The van der Waals surface area contributed by atoms with Gasteiger partial charge < -0.3 is 24.8 Å². The molecule has 2 aliphatic heterocycles. The first kappa shape index (κ1) is 20.9. The number of allylic oxidation sites excluding steroid dienone is 1. The third-order valence-corrected chi connectivity index (χ3v) is 6.02. The molecule has 0 spiro atoms. The lowest BCUT2D eigenvalue weighted by Gasteiger charge is -2.34. The Labute approximate surface area is 182 Å². The number of para-hydroxylation sites is 1. The zero-order valence-electron chi connectivity index (χ0n) is 18.2. The van der Waals surface area contributed by atoms with Gasteiger partial charge in [0.25, 0.3) is 0 Å². The van der Waals surface area contributed by atoms with Gasteiger partial charge in [-0.3, -0.25) is 9.79 Å². The Morgan fingerprint density at radius 2 is 1.84 bits per heavy atom. The van der Waals surface area contributed by atoms with Gasteiger partial charge in [-0.1, -0.05) is 18.2 Å². The number of carbonyl (C=O) groups excluding carboxylic acids is 1. The van der Waals surface area contributed by atoms with Crippen molar-refractivity contribution in [2.45, 2.75) is 25.3 Å². The summed E-state index contributed by atoms with van der Waals surface area (Å²) in [6.07, 6.45) is 0.884. The number of aliphatic hydroxyl groups excluding tert-OH is 1. The molecular formula is C24H27N3O4. The number of amidine groups is 1. The molecule has 7 heteroatoms. The predicted octanol–water partition coefficient (Wildman–Crippen LogP) is 3.18. The van der Waals surface area contributed by atoms with Crippen LogP contribution in [0.3, 0.4) is 0 Å². The zero-order valence-corrected chi connectivity index (χ0v) is 18.2. The molecule has 31 heavy (non-hydrogen) atoms. The first-order valence-electron chi connectivity index (χ1n) is 10.2. The number of hydrogen-bond acceptors (Lipinski definition) is 6. The number of rotatable bonds is 5. The number of benzene rings is 2. The van der Waals surface area contributed by atoms with Gasteiger partial charge in [0.2, 0.25) is 0 Å². The Hall–Kier alpha value is -3.32. The van der Waals surface area contributed by atoms with Gasteiger partial charge in [0.05, 0.1) is 25.5 Å². The topological polar surface area (TPSA) is 83.4 Å². The maximum atomic E-state index is 13.8. The van der Waals surface area contributed by atoms with Crippen molar-refractivity contribution in [3.05, 3.63) is 59.3 Å². The second kappa shape index (κ2) is 8.07. The van der Waals surface area contributed by atoms with E-state index in [1.165, 1.54) is 0 Å². The molecule has 0 aromatic heterocycles. The van der Waals surface area contributed by atoms with Gasteiger partial charge in [-0.15, -0.1) is 0 Å². The van der Waals surface area contributed by atoms with Crippen LogP contribution in [0, 0.1) is 0 Å². The van der Waals surface area contributed by atoms with Crippen LogP contribution in [0.1, 0.15) is 18.9 Å². The average molecular weight is 421 g/mol. The summed E-state index contributed by atoms with van der Waals surface area (Å²) in [6.45, 7) is 1.71. The molecule has 0 amide bonds. The third kappa shape index (κ3) is 3.35. The van der Waals surface area contributed by atoms with Crippen LogP contribution >= 0.6 is 0 Å². The number of aliphatic imine (C=N–C) groups is 1. The van der Waals surface area contributed by atoms with Gasteiger partial charge in [-0.2, -0.15) is 0 Å². The molecule has 2 N–H and O–H groups in total. The minimum atomic E-state index is -1.00. The van der Waals surface area contributed by atoms with E-state index in [0.29, 0.717) is 35.0 Å². The lowest BCUT2D eigenvalue weighted by molar-refractivity contribution is -0.119. The van der Waals surface area contributed by atoms with E-state index in [-0.39, 0.29) is 18.8 Å². The van der Waals surface area contributed by atoms with Gasteiger partial charge in [0.15, 0.2) is 5.78 Å². The van der Waals surface area contributed by atoms with Crippen LogP contribution in [0.4, 0.5) is 11.4 Å². The van der Waals surface area contributed by atoms with E-state index >= 15 is 0 Å². The largest absolute Gasteiger partial charge is 0.497 e. The number of nitrogens with zero attached hydrogens (tertiary/aromatic N) is 2. The highest BCUT2D eigenvalue weighted by atomic mass is 16.5. The fourth-order valence-corrected chi connectivity index (χ4v) is 4.42. The fraction of sp³-hybridized carbons (Fsp3) is 0.333. The molecule has 1 atom stereocenters. The van der Waals surface area contributed by atoms with E-state index in [2.05, 4.69) is 16.4 Å². The number of carbonyl (C=O) groups is 1. The van der Waals surface area contributed by atoms with Crippen molar-refractivity contribution in [3.8, 4) is 11.5 Å². The molecule has 2 aromatic rings.